The van der Waals surface area contributed by atoms with Gasteiger partial charge in [0.25, 0.3) is 15.6 Å². The fourth-order valence-corrected chi connectivity index (χ4v) is 6.20. The number of aromatic nitrogens is 5. The number of nitrogens with one attached hydrogen (secondary N) is 1. The molecule has 194 valence electrons. The van der Waals surface area contributed by atoms with Gasteiger partial charge in [-0.1, -0.05) is 31.0 Å². The lowest BCUT2D eigenvalue weighted by molar-refractivity contribution is 0.306. The van der Waals surface area contributed by atoms with E-state index >= 15 is 0 Å². The number of H-pyrrole nitrogens is 1. The number of aliphatic hydroxyl groups is 1. The molecule has 2 aromatic carbocycles. The van der Waals surface area contributed by atoms with Crippen LogP contribution in [0.1, 0.15) is 44.3 Å². The van der Waals surface area contributed by atoms with Crippen molar-refractivity contribution < 1.29 is 18.3 Å². The van der Waals surface area contributed by atoms with Crippen molar-refractivity contribution in [2.45, 2.75) is 43.4 Å². The van der Waals surface area contributed by atoms with E-state index in [1.54, 1.807) is 36.4 Å². The van der Waals surface area contributed by atoms with Crippen LogP contribution in [0.5, 0.6) is 5.75 Å². The Morgan fingerprint density at radius 3 is 2.59 bits per heavy atom. The lowest BCUT2D eigenvalue weighted by atomic mass is 10.1. The maximum Gasteiger partial charge on any atom is 0.296 e. The number of fused-ring (bicyclic) bond motifs is 1. The minimum atomic E-state index is -4.08. The Kier molecular flexibility index (Phi) is 6.94. The molecule has 4 aromatic rings. The Hall–Kier alpha value is -3.77. The summed E-state index contributed by atoms with van der Waals surface area (Å²) in [7, 11) is -4.08. The van der Waals surface area contributed by atoms with Gasteiger partial charge in [0.2, 0.25) is 5.65 Å². The first-order valence-corrected chi connectivity index (χ1v) is 13.7. The second kappa shape index (κ2) is 10.3. The van der Waals surface area contributed by atoms with E-state index < -0.39 is 15.6 Å². The van der Waals surface area contributed by atoms with E-state index in [1.807, 2.05) is 6.92 Å². The Labute approximate surface area is 213 Å². The lowest BCUT2D eigenvalue weighted by Crippen LogP contribution is -2.33. The molecule has 1 fully saturated rings. The number of sulfonamides is 1. The van der Waals surface area contributed by atoms with Gasteiger partial charge < -0.3 is 14.8 Å². The number of rotatable bonds is 9. The standard InChI is InChI=1S/C25H28N6O5S/c1-2-36-21-13-12-19(37(34,35)30(14-15-32)18-10-4-3-5-11-18)16-20(21)22-26-25(33)24-28-27-23(31(24)29-22)17-8-6-7-9-17/h3-5,10-13,16-17,32H,2,6-9,14-15H2,1H3,(H,26,29,33). The van der Waals surface area contributed by atoms with Crippen LogP contribution in [-0.4, -0.2) is 58.1 Å². The highest BCUT2D eigenvalue weighted by molar-refractivity contribution is 7.92. The number of anilines is 1. The number of nitrogens with zero attached hydrogens (tertiary/aromatic N) is 5. The molecule has 0 unspecified atom stereocenters. The van der Waals surface area contributed by atoms with Gasteiger partial charge in [-0.05, 0) is 50.1 Å². The molecule has 2 heterocycles. The number of aliphatic hydroxyl groups excluding tert-OH is 1. The monoisotopic (exact) mass is 524 g/mol. The summed E-state index contributed by atoms with van der Waals surface area (Å²) in [5.74, 6) is 1.30. The molecular weight excluding hydrogens is 496 g/mol. The van der Waals surface area contributed by atoms with Crippen LogP contribution in [0.3, 0.4) is 0 Å². The highest BCUT2D eigenvalue weighted by Gasteiger charge is 2.28. The summed E-state index contributed by atoms with van der Waals surface area (Å²) in [5.41, 5.74) is 0.338. The predicted octanol–water partition coefficient (Wildman–Crippen LogP) is 2.72. The zero-order chi connectivity index (χ0) is 26.0. The van der Waals surface area contributed by atoms with Crippen molar-refractivity contribution in [3.8, 4) is 17.1 Å². The summed E-state index contributed by atoms with van der Waals surface area (Å²) in [5, 5.41) is 22.5. The highest BCUT2D eigenvalue weighted by atomic mass is 32.2. The summed E-state index contributed by atoms with van der Waals surface area (Å²) in [4.78, 5) is 15.6. The molecule has 11 nitrogen and oxygen atoms in total. The van der Waals surface area contributed by atoms with Crippen molar-refractivity contribution in [1.29, 1.82) is 0 Å². The Morgan fingerprint density at radius 2 is 1.89 bits per heavy atom. The number of ether oxygens (including phenoxy) is 1. The Morgan fingerprint density at radius 1 is 1.14 bits per heavy atom. The zero-order valence-corrected chi connectivity index (χ0v) is 21.2. The Bertz CT molecular complexity index is 1560. The first-order chi connectivity index (χ1) is 17.9. The molecule has 2 N–H and O–H groups in total. The average molecular weight is 525 g/mol. The first kappa shape index (κ1) is 24.9. The molecule has 2 aromatic heterocycles. The third-order valence-electron chi connectivity index (χ3n) is 6.46. The van der Waals surface area contributed by atoms with Crippen molar-refractivity contribution in [2.24, 2.45) is 0 Å². The molecule has 0 spiro atoms. The van der Waals surface area contributed by atoms with E-state index in [-0.39, 0.29) is 35.4 Å². The van der Waals surface area contributed by atoms with Crippen LogP contribution in [0.15, 0.2) is 58.2 Å². The highest BCUT2D eigenvalue weighted by Crippen LogP contribution is 2.34. The van der Waals surface area contributed by atoms with E-state index in [1.165, 1.54) is 16.6 Å². The number of hydrogen-bond donors (Lipinski definition) is 2. The molecule has 0 atom stereocenters. The zero-order valence-electron chi connectivity index (χ0n) is 20.4. The van der Waals surface area contributed by atoms with Crippen LogP contribution in [0.25, 0.3) is 17.0 Å². The molecular formula is C25H28N6O5S. The summed E-state index contributed by atoms with van der Waals surface area (Å²) in [6.07, 6.45) is 4.05. The lowest BCUT2D eigenvalue weighted by Gasteiger charge is -2.24. The van der Waals surface area contributed by atoms with E-state index in [4.69, 9.17) is 4.74 Å². The van der Waals surface area contributed by atoms with Crippen molar-refractivity contribution >= 4 is 21.4 Å². The normalized spacial score (nSPS) is 14.3. The third-order valence-corrected chi connectivity index (χ3v) is 8.28. The van der Waals surface area contributed by atoms with Gasteiger partial charge in [-0.15, -0.1) is 15.3 Å². The molecule has 5 rings (SSSR count). The van der Waals surface area contributed by atoms with Gasteiger partial charge >= 0.3 is 0 Å². The molecule has 1 aliphatic rings. The van der Waals surface area contributed by atoms with Gasteiger partial charge in [-0.3, -0.25) is 9.10 Å². The average Bonchev–Trinajstić information content (AvgIpc) is 3.58. The maximum absolute atomic E-state index is 13.7. The van der Waals surface area contributed by atoms with Crippen LogP contribution >= 0.6 is 0 Å². The smallest absolute Gasteiger partial charge is 0.296 e. The summed E-state index contributed by atoms with van der Waals surface area (Å²) in [6.45, 7) is 1.65. The van der Waals surface area contributed by atoms with Gasteiger partial charge in [0.05, 0.1) is 35.9 Å². The van der Waals surface area contributed by atoms with Gasteiger partial charge in [0.15, 0.2) is 11.6 Å². The molecule has 0 saturated heterocycles. The summed E-state index contributed by atoms with van der Waals surface area (Å²) >= 11 is 0. The van der Waals surface area contributed by atoms with E-state index in [0.29, 0.717) is 29.4 Å². The van der Waals surface area contributed by atoms with Crippen LogP contribution in [0.4, 0.5) is 5.69 Å². The van der Waals surface area contributed by atoms with Crippen LogP contribution in [0.2, 0.25) is 0 Å². The van der Waals surface area contributed by atoms with Crippen molar-refractivity contribution in [2.75, 3.05) is 24.1 Å². The van der Waals surface area contributed by atoms with Gasteiger partial charge in [-0.2, -0.15) is 4.52 Å². The molecule has 0 aliphatic heterocycles. The minimum Gasteiger partial charge on any atom is -0.493 e. The summed E-state index contributed by atoms with van der Waals surface area (Å²) < 4.78 is 35.8. The van der Waals surface area contributed by atoms with Crippen LogP contribution in [-0.2, 0) is 10.0 Å². The minimum absolute atomic E-state index is 0.0363. The number of hydrogen-bond acceptors (Lipinski definition) is 8. The van der Waals surface area contributed by atoms with Gasteiger partial charge in [-0.25, -0.2) is 8.42 Å². The molecule has 0 radical (unpaired) electrons. The fraction of sp³-hybridized carbons (Fsp3) is 0.360. The van der Waals surface area contributed by atoms with Crippen molar-refractivity contribution in [3.05, 3.63) is 64.7 Å². The quantitative estimate of drug-likeness (QED) is 0.340. The molecule has 0 bridgehead atoms. The second-order valence-corrected chi connectivity index (χ2v) is 10.7. The molecule has 37 heavy (non-hydrogen) atoms. The first-order valence-electron chi connectivity index (χ1n) is 12.3. The number of para-hydroxylation sites is 1. The van der Waals surface area contributed by atoms with Gasteiger partial charge in [0.1, 0.15) is 5.75 Å². The van der Waals surface area contributed by atoms with E-state index in [9.17, 15) is 18.3 Å². The maximum atomic E-state index is 13.7. The fourth-order valence-electron chi connectivity index (χ4n) is 4.72. The molecule has 12 heteroatoms. The Balaban J connectivity index is 1.65. The van der Waals surface area contributed by atoms with E-state index in [0.717, 1.165) is 30.0 Å². The number of aromatic amines is 1. The second-order valence-electron chi connectivity index (χ2n) is 8.81. The van der Waals surface area contributed by atoms with Crippen LogP contribution < -0.4 is 14.6 Å². The predicted molar refractivity (Wildman–Crippen MR) is 137 cm³/mol. The van der Waals surface area contributed by atoms with Gasteiger partial charge in [0, 0.05) is 5.92 Å². The molecule has 1 saturated carbocycles. The largest absolute Gasteiger partial charge is 0.493 e. The third kappa shape index (κ3) is 4.69. The molecule has 0 amide bonds. The van der Waals surface area contributed by atoms with Crippen molar-refractivity contribution in [1.82, 2.24) is 24.8 Å². The number of benzene rings is 2. The SMILES string of the molecule is CCOc1ccc(S(=O)(=O)N(CCO)c2ccccc2)cc1-c1nn2c(C3CCCC3)nnc2c(=O)[nH]1. The van der Waals surface area contributed by atoms with Crippen LogP contribution in [0, 0.1) is 0 Å². The van der Waals surface area contributed by atoms with E-state index in [2.05, 4.69) is 20.3 Å². The van der Waals surface area contributed by atoms with Crippen molar-refractivity contribution in [3.63, 3.8) is 0 Å². The summed E-state index contributed by atoms with van der Waals surface area (Å²) in [6, 6.07) is 13.0. The molecule has 1 aliphatic carbocycles. The topological polar surface area (TPSA) is 143 Å².